The monoisotopic (exact) mass is 442 g/mol. The van der Waals surface area contributed by atoms with E-state index in [9.17, 15) is 15.3 Å². The molecule has 0 spiro atoms. The molecule has 0 saturated carbocycles. The standard InChI is InChI=1S/C24H18N4O3S/c1-30-16-7-3-14(4-8-16)20-11-21(29)28-23(27)18(12-25)22(19(13-26)24(28)32-20)15-5-9-17(31-2)10-6-15/h3-11,22H,27H2,1-2H3. The van der Waals surface area contributed by atoms with E-state index in [2.05, 4.69) is 12.1 Å². The third-order valence-corrected chi connectivity index (χ3v) is 6.44. The molecular formula is C24H18N4O3S. The van der Waals surface area contributed by atoms with Crippen LogP contribution in [-0.2, 0) is 4.79 Å². The Kier molecular flexibility index (Phi) is 5.63. The van der Waals surface area contributed by atoms with Crippen LogP contribution in [0.2, 0.25) is 0 Å². The van der Waals surface area contributed by atoms with E-state index < -0.39 is 11.8 Å². The normalized spacial score (nSPS) is 17.9. The Balaban J connectivity index is 1.85. The predicted molar refractivity (Wildman–Crippen MR) is 121 cm³/mol. The van der Waals surface area contributed by atoms with Gasteiger partial charge in [0.2, 0.25) is 0 Å². The Morgan fingerprint density at radius 3 is 2.03 bits per heavy atom. The Morgan fingerprint density at radius 1 is 0.938 bits per heavy atom. The van der Waals surface area contributed by atoms with E-state index in [-0.39, 0.29) is 11.4 Å². The van der Waals surface area contributed by atoms with E-state index in [1.165, 1.54) is 22.7 Å². The molecule has 2 heterocycles. The molecule has 4 rings (SSSR count). The molecular weight excluding hydrogens is 424 g/mol. The number of allylic oxidation sites excluding steroid dienone is 2. The fourth-order valence-electron chi connectivity index (χ4n) is 3.66. The van der Waals surface area contributed by atoms with Crippen LogP contribution in [-0.4, -0.2) is 25.0 Å². The fraction of sp³-hybridized carbons (Fsp3) is 0.125. The van der Waals surface area contributed by atoms with Crippen molar-refractivity contribution in [2.24, 2.45) is 5.73 Å². The van der Waals surface area contributed by atoms with Crippen LogP contribution in [0.1, 0.15) is 17.0 Å². The Bertz CT molecular complexity index is 1260. The van der Waals surface area contributed by atoms with Crippen molar-refractivity contribution < 1.29 is 14.3 Å². The highest BCUT2D eigenvalue weighted by molar-refractivity contribution is 8.11. The van der Waals surface area contributed by atoms with Gasteiger partial charge >= 0.3 is 0 Å². The van der Waals surface area contributed by atoms with Gasteiger partial charge in [0.25, 0.3) is 5.91 Å². The largest absolute Gasteiger partial charge is 0.497 e. The molecule has 1 atom stereocenters. The maximum Gasteiger partial charge on any atom is 0.258 e. The molecule has 0 bridgehead atoms. The van der Waals surface area contributed by atoms with Crippen molar-refractivity contribution in [3.8, 4) is 23.6 Å². The number of amides is 1. The smallest absolute Gasteiger partial charge is 0.258 e. The van der Waals surface area contributed by atoms with Crippen LogP contribution >= 0.6 is 11.8 Å². The first-order valence-corrected chi connectivity index (χ1v) is 10.4. The van der Waals surface area contributed by atoms with Gasteiger partial charge in [-0.25, -0.2) is 0 Å². The zero-order valence-corrected chi connectivity index (χ0v) is 18.1. The summed E-state index contributed by atoms with van der Waals surface area (Å²) in [5, 5.41) is 20.3. The molecule has 1 unspecified atom stereocenters. The van der Waals surface area contributed by atoms with E-state index in [0.29, 0.717) is 32.6 Å². The van der Waals surface area contributed by atoms with Gasteiger partial charge in [0.05, 0.1) is 43.4 Å². The molecule has 8 heteroatoms. The number of nitrogens with two attached hydrogens (primary N) is 1. The summed E-state index contributed by atoms with van der Waals surface area (Å²) in [4.78, 5) is 14.9. The fourth-order valence-corrected chi connectivity index (χ4v) is 4.83. The van der Waals surface area contributed by atoms with Gasteiger partial charge < -0.3 is 15.2 Å². The second-order valence-electron chi connectivity index (χ2n) is 6.96. The predicted octanol–water partition coefficient (Wildman–Crippen LogP) is 3.85. The molecule has 0 aliphatic carbocycles. The summed E-state index contributed by atoms with van der Waals surface area (Å²) in [6.45, 7) is 0. The number of rotatable bonds is 4. The van der Waals surface area contributed by atoms with Crippen LogP contribution in [0.3, 0.4) is 0 Å². The van der Waals surface area contributed by atoms with Crippen molar-refractivity contribution in [3.05, 3.63) is 87.7 Å². The Labute approximate surface area is 189 Å². The van der Waals surface area contributed by atoms with Gasteiger partial charge in [0.15, 0.2) is 0 Å². The summed E-state index contributed by atoms with van der Waals surface area (Å²) in [7, 11) is 3.14. The topological polar surface area (TPSA) is 112 Å². The highest BCUT2D eigenvalue weighted by Crippen LogP contribution is 2.49. The van der Waals surface area contributed by atoms with E-state index in [4.69, 9.17) is 15.2 Å². The lowest BCUT2D eigenvalue weighted by molar-refractivity contribution is -0.122. The first-order chi connectivity index (χ1) is 15.5. The second-order valence-corrected chi connectivity index (χ2v) is 7.99. The number of nitrogens with zero attached hydrogens (tertiary/aromatic N) is 3. The summed E-state index contributed by atoms with van der Waals surface area (Å²) in [6.07, 6.45) is 1.46. The van der Waals surface area contributed by atoms with Gasteiger partial charge in [-0.15, -0.1) is 0 Å². The summed E-state index contributed by atoms with van der Waals surface area (Å²) in [6, 6.07) is 18.7. The molecule has 32 heavy (non-hydrogen) atoms. The maximum atomic E-state index is 13.0. The van der Waals surface area contributed by atoms with E-state index >= 15 is 0 Å². The van der Waals surface area contributed by atoms with Gasteiger partial charge in [0, 0.05) is 11.0 Å². The van der Waals surface area contributed by atoms with E-state index in [1.807, 2.05) is 12.1 Å². The number of ether oxygens (including phenoxy) is 2. The Morgan fingerprint density at radius 2 is 1.50 bits per heavy atom. The van der Waals surface area contributed by atoms with Crippen LogP contribution in [0.5, 0.6) is 11.5 Å². The molecule has 0 saturated heterocycles. The number of benzene rings is 2. The van der Waals surface area contributed by atoms with Crippen molar-refractivity contribution >= 4 is 22.6 Å². The molecule has 0 aromatic heterocycles. The minimum Gasteiger partial charge on any atom is -0.497 e. The lowest BCUT2D eigenvalue weighted by Crippen LogP contribution is -2.39. The molecule has 2 aromatic rings. The maximum absolute atomic E-state index is 13.0. The number of carbonyl (C=O) groups is 1. The molecule has 7 nitrogen and oxygen atoms in total. The summed E-state index contributed by atoms with van der Waals surface area (Å²) in [5.74, 6) is 0.293. The number of thioether (sulfide) groups is 1. The lowest BCUT2D eigenvalue weighted by Gasteiger charge is -2.36. The molecule has 0 radical (unpaired) electrons. The molecule has 2 aliphatic heterocycles. The van der Waals surface area contributed by atoms with Crippen molar-refractivity contribution in [3.63, 3.8) is 0 Å². The van der Waals surface area contributed by atoms with Crippen molar-refractivity contribution in [2.45, 2.75) is 5.92 Å². The van der Waals surface area contributed by atoms with Crippen molar-refractivity contribution in [1.82, 2.24) is 4.90 Å². The zero-order chi connectivity index (χ0) is 22.8. The number of hydrogen-bond acceptors (Lipinski definition) is 7. The van der Waals surface area contributed by atoms with Gasteiger partial charge in [-0.1, -0.05) is 36.0 Å². The summed E-state index contributed by atoms with van der Waals surface area (Å²) in [5.41, 5.74) is 8.26. The number of carbonyl (C=O) groups excluding carboxylic acids is 1. The number of methoxy groups -OCH3 is 2. The number of fused-ring (bicyclic) bond motifs is 1. The van der Waals surface area contributed by atoms with Gasteiger partial charge in [-0.2, -0.15) is 10.5 Å². The van der Waals surface area contributed by atoms with Gasteiger partial charge in [-0.05, 0) is 35.4 Å². The molecule has 158 valence electrons. The van der Waals surface area contributed by atoms with Crippen LogP contribution in [0.25, 0.3) is 4.91 Å². The minimum absolute atomic E-state index is 0.0323. The molecule has 2 aromatic carbocycles. The van der Waals surface area contributed by atoms with Crippen molar-refractivity contribution in [1.29, 1.82) is 10.5 Å². The summed E-state index contributed by atoms with van der Waals surface area (Å²) >= 11 is 1.28. The number of nitriles is 2. The third kappa shape index (κ3) is 3.47. The zero-order valence-electron chi connectivity index (χ0n) is 17.3. The first-order valence-electron chi connectivity index (χ1n) is 9.58. The lowest BCUT2D eigenvalue weighted by atomic mass is 9.83. The van der Waals surface area contributed by atoms with Gasteiger partial charge in [-0.3, -0.25) is 9.69 Å². The van der Waals surface area contributed by atoms with Crippen LogP contribution in [0.15, 0.2) is 76.6 Å². The molecule has 2 aliphatic rings. The van der Waals surface area contributed by atoms with Crippen LogP contribution < -0.4 is 15.2 Å². The average Bonchev–Trinajstić information content (AvgIpc) is 2.83. The minimum atomic E-state index is -0.683. The van der Waals surface area contributed by atoms with Gasteiger partial charge in [0.1, 0.15) is 22.3 Å². The summed E-state index contributed by atoms with van der Waals surface area (Å²) < 4.78 is 10.4. The average molecular weight is 443 g/mol. The molecule has 0 fully saturated rings. The van der Waals surface area contributed by atoms with Crippen molar-refractivity contribution in [2.75, 3.05) is 14.2 Å². The molecule has 1 amide bonds. The van der Waals surface area contributed by atoms with E-state index in [0.717, 1.165) is 5.56 Å². The number of hydrogen-bond donors (Lipinski definition) is 1. The van der Waals surface area contributed by atoms with Crippen LogP contribution in [0, 0.1) is 22.7 Å². The quantitative estimate of drug-likeness (QED) is 0.765. The third-order valence-electron chi connectivity index (χ3n) is 5.27. The second kappa shape index (κ2) is 8.54. The SMILES string of the molecule is COc1ccc(C2=CC(=O)N3C(N)=C(C#N)C(c4ccc(OC)cc4)C(C#N)=C3S2)cc1. The highest BCUT2D eigenvalue weighted by atomic mass is 32.2. The Hall–Kier alpha value is -4.14. The van der Waals surface area contributed by atoms with E-state index in [1.54, 1.807) is 50.6 Å². The highest BCUT2D eigenvalue weighted by Gasteiger charge is 2.40. The first kappa shape index (κ1) is 21.1. The van der Waals surface area contributed by atoms with Crippen LogP contribution in [0.4, 0.5) is 0 Å². The molecule has 2 N–H and O–H groups in total.